The number of nitrogens with zero attached hydrogens (tertiary/aromatic N) is 4. The summed E-state index contributed by atoms with van der Waals surface area (Å²) in [6, 6.07) is 3.40. The molecule has 2 aliphatic rings. The Hall–Kier alpha value is -2.51. The van der Waals surface area contributed by atoms with Crippen molar-refractivity contribution in [3.63, 3.8) is 0 Å². The number of hydrogen-bond acceptors (Lipinski definition) is 3. The van der Waals surface area contributed by atoms with Crippen LogP contribution in [0.2, 0.25) is 10.0 Å². The molecule has 156 valence electrons. The van der Waals surface area contributed by atoms with Crippen molar-refractivity contribution in [3.8, 4) is 11.1 Å². The highest BCUT2D eigenvalue weighted by Gasteiger charge is 2.39. The topological polar surface area (TPSA) is 74.2 Å². The van der Waals surface area contributed by atoms with E-state index in [-0.39, 0.29) is 17.9 Å². The molecule has 0 radical (unpaired) electrons. The van der Waals surface area contributed by atoms with Crippen LogP contribution >= 0.6 is 23.2 Å². The fraction of sp³-hybridized carbons (Fsp3) is 0.381. The van der Waals surface area contributed by atoms with Crippen molar-refractivity contribution in [2.24, 2.45) is 0 Å². The monoisotopic (exact) mass is 445 g/mol. The van der Waals surface area contributed by atoms with Gasteiger partial charge in [0, 0.05) is 54.5 Å². The summed E-state index contributed by atoms with van der Waals surface area (Å²) in [4.78, 5) is 29.0. The first-order valence-electron chi connectivity index (χ1n) is 10.1. The van der Waals surface area contributed by atoms with Crippen LogP contribution in [0.15, 0.2) is 24.5 Å². The molecule has 4 heterocycles. The van der Waals surface area contributed by atoms with Crippen molar-refractivity contribution in [1.82, 2.24) is 24.6 Å². The fourth-order valence-corrected chi connectivity index (χ4v) is 5.24. The van der Waals surface area contributed by atoms with E-state index in [1.54, 1.807) is 17.2 Å². The number of likely N-dealkylation sites (N-methyl/N-ethyl adjacent to an activating group) is 1. The maximum atomic E-state index is 13.3. The molecule has 30 heavy (non-hydrogen) atoms. The molecule has 1 unspecified atom stereocenters. The van der Waals surface area contributed by atoms with Crippen LogP contribution in [0.4, 0.5) is 0 Å². The van der Waals surface area contributed by atoms with E-state index in [1.807, 2.05) is 24.1 Å². The Morgan fingerprint density at radius 2 is 2.13 bits per heavy atom. The molecule has 0 spiro atoms. The molecular formula is C21H21Cl2N5O2. The smallest absolute Gasteiger partial charge is 0.245 e. The summed E-state index contributed by atoms with van der Waals surface area (Å²) in [6.45, 7) is 4.09. The number of carbonyl (C=O) groups excluding carboxylic acids is 2. The summed E-state index contributed by atoms with van der Waals surface area (Å²) in [5.41, 5.74) is 3.83. The Labute approximate surface area is 183 Å². The zero-order chi connectivity index (χ0) is 21.0. The van der Waals surface area contributed by atoms with Crippen molar-refractivity contribution in [3.05, 3.63) is 40.3 Å². The lowest BCUT2D eigenvalue weighted by atomic mass is 10.0. The number of aromatic nitrogens is 3. The van der Waals surface area contributed by atoms with Crippen LogP contribution in [0.3, 0.4) is 0 Å². The van der Waals surface area contributed by atoms with E-state index in [4.69, 9.17) is 23.2 Å². The maximum absolute atomic E-state index is 13.3. The molecule has 1 N–H and O–H groups in total. The van der Waals surface area contributed by atoms with Crippen LogP contribution in [0.5, 0.6) is 0 Å². The molecule has 1 atom stereocenters. The Kier molecular flexibility index (Phi) is 4.75. The molecule has 2 aromatic heterocycles. The minimum atomic E-state index is -0.367. The van der Waals surface area contributed by atoms with Gasteiger partial charge >= 0.3 is 0 Å². The third kappa shape index (κ3) is 2.83. The molecule has 1 saturated heterocycles. The molecular weight excluding hydrogens is 425 g/mol. The molecule has 0 aliphatic carbocycles. The van der Waals surface area contributed by atoms with Crippen molar-refractivity contribution >= 4 is 45.9 Å². The largest absolute Gasteiger partial charge is 0.339 e. The molecule has 5 rings (SSSR count). The van der Waals surface area contributed by atoms with Crippen LogP contribution in [-0.2, 0) is 22.7 Å². The van der Waals surface area contributed by atoms with E-state index in [1.165, 1.54) is 0 Å². The van der Waals surface area contributed by atoms with Gasteiger partial charge in [0.15, 0.2) is 0 Å². The third-order valence-electron chi connectivity index (χ3n) is 6.21. The summed E-state index contributed by atoms with van der Waals surface area (Å²) in [5.74, 6) is 0.0731. The van der Waals surface area contributed by atoms with Gasteiger partial charge in [-0.15, -0.1) is 0 Å². The normalized spacial score (nSPS) is 19.0. The van der Waals surface area contributed by atoms with Crippen LogP contribution in [0.25, 0.3) is 22.0 Å². The maximum Gasteiger partial charge on any atom is 0.245 e. The molecule has 1 aromatic carbocycles. The van der Waals surface area contributed by atoms with Gasteiger partial charge in [0.1, 0.15) is 6.04 Å². The summed E-state index contributed by atoms with van der Waals surface area (Å²) in [5, 5.41) is 8.98. The number of halogens is 2. The van der Waals surface area contributed by atoms with Crippen LogP contribution in [0, 0.1) is 0 Å². The summed E-state index contributed by atoms with van der Waals surface area (Å²) in [6.07, 6.45) is 4.63. The minimum absolute atomic E-state index is 0.0153. The number of likely N-dealkylation sites (tertiary alicyclic amines) is 1. The third-order valence-corrected chi connectivity index (χ3v) is 7.00. The lowest BCUT2D eigenvalue weighted by Gasteiger charge is -2.34. The highest BCUT2D eigenvalue weighted by atomic mass is 35.5. The molecule has 2 amide bonds. The highest BCUT2D eigenvalue weighted by molar-refractivity contribution is 6.45. The Morgan fingerprint density at radius 1 is 1.30 bits per heavy atom. The van der Waals surface area contributed by atoms with E-state index < -0.39 is 0 Å². The lowest BCUT2D eigenvalue weighted by molar-refractivity contribution is -0.142. The SMILES string of the molecule is CCN1C(=O)CCC1C(=O)N1CCn2c(c(-c3cn[nH]c3)c3ccc(Cl)c(Cl)c32)C1. The highest BCUT2D eigenvalue weighted by Crippen LogP contribution is 2.42. The van der Waals surface area contributed by atoms with Crippen LogP contribution < -0.4 is 0 Å². The first-order chi connectivity index (χ1) is 14.5. The predicted octanol–water partition coefficient (Wildman–Crippen LogP) is 3.69. The molecule has 0 saturated carbocycles. The minimum Gasteiger partial charge on any atom is -0.339 e. The van der Waals surface area contributed by atoms with Crippen molar-refractivity contribution < 1.29 is 9.59 Å². The van der Waals surface area contributed by atoms with Gasteiger partial charge in [-0.3, -0.25) is 14.7 Å². The van der Waals surface area contributed by atoms with Gasteiger partial charge in [-0.1, -0.05) is 29.3 Å². The Balaban J connectivity index is 1.59. The van der Waals surface area contributed by atoms with Crippen LogP contribution in [0.1, 0.15) is 25.5 Å². The van der Waals surface area contributed by atoms with Crippen molar-refractivity contribution in [2.75, 3.05) is 13.1 Å². The van der Waals surface area contributed by atoms with Gasteiger partial charge in [-0.2, -0.15) is 5.10 Å². The van der Waals surface area contributed by atoms with Crippen molar-refractivity contribution in [2.45, 2.75) is 38.9 Å². The van der Waals surface area contributed by atoms with Gasteiger partial charge < -0.3 is 14.4 Å². The van der Waals surface area contributed by atoms with E-state index in [9.17, 15) is 9.59 Å². The Morgan fingerprint density at radius 3 is 2.87 bits per heavy atom. The zero-order valence-corrected chi connectivity index (χ0v) is 18.0. The number of aromatic amines is 1. The first kappa shape index (κ1) is 19.5. The second kappa shape index (κ2) is 7.32. The lowest BCUT2D eigenvalue weighted by Crippen LogP contribution is -2.48. The van der Waals surface area contributed by atoms with E-state index in [2.05, 4.69) is 14.8 Å². The number of rotatable bonds is 3. The second-order valence-electron chi connectivity index (χ2n) is 7.71. The van der Waals surface area contributed by atoms with Gasteiger partial charge in [-0.05, 0) is 19.4 Å². The van der Waals surface area contributed by atoms with Gasteiger partial charge in [0.2, 0.25) is 11.8 Å². The van der Waals surface area contributed by atoms with Crippen molar-refractivity contribution in [1.29, 1.82) is 0 Å². The quantitative estimate of drug-likeness (QED) is 0.667. The molecule has 2 aliphatic heterocycles. The second-order valence-corrected chi connectivity index (χ2v) is 8.50. The number of benzene rings is 1. The molecule has 9 heteroatoms. The number of fused-ring (bicyclic) bond motifs is 3. The van der Waals surface area contributed by atoms with E-state index >= 15 is 0 Å². The summed E-state index contributed by atoms with van der Waals surface area (Å²) >= 11 is 12.9. The number of hydrogen-bond donors (Lipinski definition) is 1. The van der Waals surface area contributed by atoms with E-state index in [0.29, 0.717) is 49.1 Å². The van der Waals surface area contributed by atoms with E-state index in [0.717, 1.165) is 27.7 Å². The van der Waals surface area contributed by atoms with Crippen LogP contribution in [-0.4, -0.2) is 55.5 Å². The first-order valence-corrected chi connectivity index (χ1v) is 10.8. The van der Waals surface area contributed by atoms with Gasteiger partial charge in [0.25, 0.3) is 0 Å². The predicted molar refractivity (Wildman–Crippen MR) is 115 cm³/mol. The number of amides is 2. The number of H-pyrrole nitrogens is 1. The van der Waals surface area contributed by atoms with Gasteiger partial charge in [-0.25, -0.2) is 0 Å². The zero-order valence-electron chi connectivity index (χ0n) is 16.5. The standard InChI is InChI=1S/C21H21Cl2N5O2/c1-2-27-15(5-6-17(27)29)21(30)26-7-8-28-16(11-26)18(12-9-24-25-10-12)13-3-4-14(22)19(23)20(13)28/h3-4,9-10,15H,2,5-8,11H2,1H3,(H,24,25). The molecule has 1 fully saturated rings. The average molecular weight is 446 g/mol. The fourth-order valence-electron chi connectivity index (χ4n) is 4.82. The summed E-state index contributed by atoms with van der Waals surface area (Å²) < 4.78 is 2.16. The Bertz CT molecular complexity index is 1150. The number of nitrogens with one attached hydrogen (secondary N) is 1. The molecule has 0 bridgehead atoms. The summed E-state index contributed by atoms with van der Waals surface area (Å²) in [7, 11) is 0. The number of carbonyl (C=O) groups is 2. The molecule has 7 nitrogen and oxygen atoms in total. The molecule has 3 aromatic rings. The van der Waals surface area contributed by atoms with Gasteiger partial charge in [0.05, 0.1) is 28.3 Å². The average Bonchev–Trinajstić information content (AvgIpc) is 3.46.